The first-order valence-corrected chi connectivity index (χ1v) is 7.32. The van der Waals surface area contributed by atoms with E-state index in [-0.39, 0.29) is 31.6 Å². The first-order chi connectivity index (χ1) is 9.86. The number of hydrogen-bond donors (Lipinski definition) is 2. The number of aromatic amines is 1. The van der Waals surface area contributed by atoms with Crippen LogP contribution < -0.4 is 0 Å². The molecule has 9 nitrogen and oxygen atoms in total. The van der Waals surface area contributed by atoms with Gasteiger partial charge in [0, 0.05) is 25.9 Å². The highest BCUT2D eigenvalue weighted by molar-refractivity contribution is 7.89. The zero-order valence-electron chi connectivity index (χ0n) is 11.2. The zero-order chi connectivity index (χ0) is 16.0. The second-order valence-electron chi connectivity index (χ2n) is 4.05. The molecule has 0 aliphatic rings. The molecule has 2 N–H and O–H groups in total. The normalized spacial score (nSPS) is 11.0. The van der Waals surface area contributed by atoms with E-state index in [2.05, 4.69) is 10.2 Å². The lowest BCUT2D eigenvalue weighted by molar-refractivity contribution is 0.0686. The van der Waals surface area contributed by atoms with Crippen molar-refractivity contribution in [3.63, 3.8) is 0 Å². The summed E-state index contributed by atoms with van der Waals surface area (Å²) in [6.45, 7) is 1.15. The van der Waals surface area contributed by atoms with Crippen molar-refractivity contribution in [3.05, 3.63) is 11.4 Å². The van der Waals surface area contributed by atoms with Gasteiger partial charge in [0.05, 0.1) is 17.8 Å². The summed E-state index contributed by atoms with van der Waals surface area (Å²) in [6, 6.07) is 3.63. The summed E-state index contributed by atoms with van der Waals surface area (Å²) in [6.07, 6.45) is -0.131. The minimum absolute atomic E-state index is 0.0655. The van der Waals surface area contributed by atoms with Crippen molar-refractivity contribution < 1.29 is 18.3 Å². The molecule has 0 aliphatic heterocycles. The predicted molar refractivity (Wildman–Crippen MR) is 69.5 cm³/mol. The van der Waals surface area contributed by atoms with Crippen molar-refractivity contribution in [2.75, 3.05) is 13.1 Å². The molecule has 1 heterocycles. The summed E-state index contributed by atoms with van der Waals surface area (Å²) in [5.41, 5.74) is -0.516. The number of carboxylic acids is 1. The van der Waals surface area contributed by atoms with E-state index in [0.717, 1.165) is 4.31 Å². The van der Waals surface area contributed by atoms with E-state index in [0.29, 0.717) is 0 Å². The average Bonchev–Trinajstić information content (AvgIpc) is 2.81. The van der Waals surface area contributed by atoms with Crippen LogP contribution in [0.4, 0.5) is 0 Å². The van der Waals surface area contributed by atoms with Crippen LogP contribution in [-0.2, 0) is 10.0 Å². The Morgan fingerprint density at radius 2 is 1.86 bits per heavy atom. The molecule has 0 aliphatic carbocycles. The van der Waals surface area contributed by atoms with E-state index >= 15 is 0 Å². The van der Waals surface area contributed by atoms with Crippen molar-refractivity contribution in [1.29, 1.82) is 10.5 Å². The monoisotopic (exact) mass is 311 g/mol. The molecule has 0 radical (unpaired) electrons. The molecule has 21 heavy (non-hydrogen) atoms. The number of sulfonamides is 1. The van der Waals surface area contributed by atoms with Crippen LogP contribution in [-0.4, -0.2) is 47.1 Å². The summed E-state index contributed by atoms with van der Waals surface area (Å²) in [5, 5.41) is 32.0. The van der Waals surface area contributed by atoms with Crippen LogP contribution in [0.5, 0.6) is 0 Å². The number of aryl methyl sites for hydroxylation is 1. The Balaban J connectivity index is 3.29. The van der Waals surface area contributed by atoms with Gasteiger partial charge in [0.1, 0.15) is 4.90 Å². The quantitative estimate of drug-likeness (QED) is 0.731. The molecule has 10 heteroatoms. The van der Waals surface area contributed by atoms with Gasteiger partial charge in [0.15, 0.2) is 5.69 Å². The minimum atomic E-state index is -4.15. The Hall–Kier alpha value is -2.43. The molecule has 0 fully saturated rings. The minimum Gasteiger partial charge on any atom is -0.476 e. The number of aromatic carboxylic acids is 1. The molecule has 0 amide bonds. The molecule has 0 aromatic carbocycles. The summed E-state index contributed by atoms with van der Waals surface area (Å²) in [5.74, 6) is -1.47. The zero-order valence-corrected chi connectivity index (χ0v) is 12.0. The fourth-order valence-electron chi connectivity index (χ4n) is 1.71. The molecular formula is C11H13N5O4S. The average molecular weight is 311 g/mol. The third-order valence-corrected chi connectivity index (χ3v) is 4.70. The summed E-state index contributed by atoms with van der Waals surface area (Å²) in [4.78, 5) is 10.6. The summed E-state index contributed by atoms with van der Waals surface area (Å²) < 4.78 is 26.0. The third kappa shape index (κ3) is 3.56. The van der Waals surface area contributed by atoms with Gasteiger partial charge in [-0.2, -0.15) is 19.9 Å². The lowest BCUT2D eigenvalue weighted by Crippen LogP contribution is -2.34. The van der Waals surface area contributed by atoms with Crippen LogP contribution in [0.1, 0.15) is 29.0 Å². The van der Waals surface area contributed by atoms with Gasteiger partial charge in [0.2, 0.25) is 10.0 Å². The number of rotatable bonds is 7. The third-order valence-electron chi connectivity index (χ3n) is 2.64. The van der Waals surface area contributed by atoms with Gasteiger partial charge in [-0.05, 0) is 6.92 Å². The van der Waals surface area contributed by atoms with Crippen LogP contribution in [0.25, 0.3) is 0 Å². The second-order valence-corrected chi connectivity index (χ2v) is 5.93. The molecule has 0 saturated carbocycles. The molecule has 0 spiro atoms. The second kappa shape index (κ2) is 6.83. The molecule has 1 aromatic heterocycles. The fourth-order valence-corrected chi connectivity index (χ4v) is 3.44. The molecule has 1 rings (SSSR count). The maximum Gasteiger partial charge on any atom is 0.357 e. The Kier molecular flexibility index (Phi) is 5.41. The van der Waals surface area contributed by atoms with Gasteiger partial charge in [-0.1, -0.05) is 0 Å². The summed E-state index contributed by atoms with van der Waals surface area (Å²) in [7, 11) is -4.15. The van der Waals surface area contributed by atoms with Crippen LogP contribution in [0.15, 0.2) is 4.90 Å². The van der Waals surface area contributed by atoms with Gasteiger partial charge in [-0.3, -0.25) is 5.10 Å². The van der Waals surface area contributed by atoms with Gasteiger partial charge in [-0.15, -0.1) is 0 Å². The van der Waals surface area contributed by atoms with Crippen molar-refractivity contribution in [3.8, 4) is 12.1 Å². The number of carboxylic acid groups (broad SMARTS) is 1. The van der Waals surface area contributed by atoms with Gasteiger partial charge in [0.25, 0.3) is 0 Å². The Labute approximate surface area is 121 Å². The Morgan fingerprint density at radius 3 is 2.29 bits per heavy atom. The Bertz CT molecular complexity index is 692. The van der Waals surface area contributed by atoms with Crippen LogP contribution in [0.3, 0.4) is 0 Å². The fraction of sp³-hybridized carbons (Fsp3) is 0.455. The number of carbonyl (C=O) groups is 1. The van der Waals surface area contributed by atoms with Crippen molar-refractivity contribution in [1.82, 2.24) is 14.5 Å². The van der Waals surface area contributed by atoms with E-state index in [9.17, 15) is 13.2 Å². The van der Waals surface area contributed by atoms with Gasteiger partial charge in [-0.25, -0.2) is 13.2 Å². The lowest BCUT2D eigenvalue weighted by Gasteiger charge is -2.19. The van der Waals surface area contributed by atoms with Crippen LogP contribution >= 0.6 is 0 Å². The molecule has 0 atom stereocenters. The maximum absolute atomic E-state index is 12.5. The van der Waals surface area contributed by atoms with Crippen molar-refractivity contribution in [2.45, 2.75) is 24.7 Å². The lowest BCUT2D eigenvalue weighted by atomic mass is 10.4. The van der Waals surface area contributed by atoms with E-state index in [1.54, 1.807) is 0 Å². The standard InChI is InChI=1S/C11H13N5O4S/c1-8-10(9(11(17)18)15-14-8)21(19,20)16(6-2-4-12)7-3-5-13/h2-3,6-7H2,1H3,(H,14,15)(H,17,18). The molecule has 112 valence electrons. The van der Waals surface area contributed by atoms with E-state index < -0.39 is 26.6 Å². The number of nitrogens with one attached hydrogen (secondary N) is 1. The highest BCUT2D eigenvalue weighted by Crippen LogP contribution is 2.22. The molecule has 0 saturated heterocycles. The first-order valence-electron chi connectivity index (χ1n) is 5.88. The number of H-pyrrole nitrogens is 1. The van der Waals surface area contributed by atoms with Crippen molar-refractivity contribution in [2.24, 2.45) is 0 Å². The van der Waals surface area contributed by atoms with Gasteiger partial charge >= 0.3 is 5.97 Å². The molecular weight excluding hydrogens is 298 g/mol. The van der Waals surface area contributed by atoms with Gasteiger partial charge < -0.3 is 5.11 Å². The summed E-state index contributed by atoms with van der Waals surface area (Å²) >= 11 is 0. The first kappa shape index (κ1) is 16.6. The number of nitrogens with zero attached hydrogens (tertiary/aromatic N) is 4. The Morgan fingerprint density at radius 1 is 1.33 bits per heavy atom. The molecule has 0 bridgehead atoms. The molecule has 1 aromatic rings. The van der Waals surface area contributed by atoms with E-state index in [1.807, 2.05) is 12.1 Å². The van der Waals surface area contributed by atoms with Crippen molar-refractivity contribution >= 4 is 16.0 Å². The smallest absolute Gasteiger partial charge is 0.357 e. The molecule has 0 unspecified atom stereocenters. The number of nitriles is 2. The number of hydrogen-bond acceptors (Lipinski definition) is 6. The predicted octanol–water partition coefficient (Wildman–Crippen LogP) is 0.234. The maximum atomic E-state index is 12.5. The van der Waals surface area contributed by atoms with E-state index in [1.165, 1.54) is 6.92 Å². The SMILES string of the molecule is Cc1[nH]nc(C(=O)O)c1S(=O)(=O)N(CCC#N)CCC#N. The number of aromatic nitrogens is 2. The highest BCUT2D eigenvalue weighted by Gasteiger charge is 2.33. The highest BCUT2D eigenvalue weighted by atomic mass is 32.2. The topological polar surface area (TPSA) is 151 Å². The van der Waals surface area contributed by atoms with Crippen LogP contribution in [0.2, 0.25) is 0 Å². The van der Waals surface area contributed by atoms with Crippen LogP contribution in [0, 0.1) is 29.6 Å². The van der Waals surface area contributed by atoms with E-state index in [4.69, 9.17) is 15.6 Å². The largest absolute Gasteiger partial charge is 0.476 e.